The van der Waals surface area contributed by atoms with E-state index in [0.717, 1.165) is 5.69 Å². The van der Waals surface area contributed by atoms with E-state index < -0.39 is 12.8 Å². The Morgan fingerprint density at radius 2 is 2.25 bits per heavy atom. The van der Waals surface area contributed by atoms with Gasteiger partial charge in [-0.1, -0.05) is 0 Å². The molecule has 1 heterocycles. The second kappa shape index (κ2) is 5.31. The second-order valence-corrected chi connectivity index (χ2v) is 3.47. The highest BCUT2D eigenvalue weighted by Gasteiger charge is 2.27. The van der Waals surface area contributed by atoms with Crippen molar-refractivity contribution in [1.82, 2.24) is 9.55 Å². The van der Waals surface area contributed by atoms with E-state index in [4.69, 9.17) is 5.73 Å². The van der Waals surface area contributed by atoms with E-state index in [1.165, 1.54) is 6.33 Å². The monoisotopic (exact) mass is 237 g/mol. The molecule has 92 valence electrons. The molecule has 1 aromatic heterocycles. The minimum absolute atomic E-state index is 0.0183. The minimum Gasteiger partial charge on any atom is -0.370 e. The normalized spacial score (nSPS) is 14.1. The number of ether oxygens (including phenoxy) is 1. The van der Waals surface area contributed by atoms with Crippen molar-refractivity contribution >= 4 is 0 Å². The molecule has 0 spiro atoms. The van der Waals surface area contributed by atoms with E-state index in [9.17, 15) is 13.2 Å². The molecule has 0 aliphatic heterocycles. The molecule has 1 atom stereocenters. The van der Waals surface area contributed by atoms with E-state index in [1.807, 2.05) is 0 Å². The molecule has 0 saturated carbocycles. The van der Waals surface area contributed by atoms with Crippen LogP contribution < -0.4 is 5.73 Å². The predicted octanol–water partition coefficient (Wildman–Crippen LogP) is 1.48. The summed E-state index contributed by atoms with van der Waals surface area (Å²) >= 11 is 0. The lowest BCUT2D eigenvalue weighted by molar-refractivity contribution is -0.174. The van der Waals surface area contributed by atoms with Crippen molar-refractivity contribution in [2.75, 3.05) is 13.2 Å². The maximum atomic E-state index is 11.8. The Kier molecular flexibility index (Phi) is 4.31. The van der Waals surface area contributed by atoms with E-state index in [0.29, 0.717) is 6.54 Å². The molecule has 4 nitrogen and oxygen atoms in total. The molecule has 16 heavy (non-hydrogen) atoms. The summed E-state index contributed by atoms with van der Waals surface area (Å²) in [5.74, 6) is 0. The molecule has 1 rings (SSSR count). The van der Waals surface area contributed by atoms with Gasteiger partial charge >= 0.3 is 6.18 Å². The zero-order valence-electron chi connectivity index (χ0n) is 8.87. The fourth-order valence-electron chi connectivity index (χ4n) is 1.25. The van der Waals surface area contributed by atoms with Gasteiger partial charge in [-0.05, 0) is 6.92 Å². The van der Waals surface area contributed by atoms with Crippen LogP contribution in [0.1, 0.15) is 18.7 Å². The number of aromatic nitrogens is 2. The van der Waals surface area contributed by atoms with E-state index in [1.54, 1.807) is 17.7 Å². The first kappa shape index (κ1) is 13.0. The third kappa shape index (κ3) is 4.19. The number of halogens is 3. The zero-order chi connectivity index (χ0) is 12.2. The molecule has 0 aliphatic carbocycles. The number of alkyl halides is 3. The molecule has 0 aromatic carbocycles. The van der Waals surface area contributed by atoms with Crippen LogP contribution >= 0.6 is 0 Å². The first-order chi connectivity index (χ1) is 7.40. The van der Waals surface area contributed by atoms with Gasteiger partial charge in [-0.2, -0.15) is 13.2 Å². The number of nitrogens with zero attached hydrogens (tertiary/aromatic N) is 2. The van der Waals surface area contributed by atoms with Gasteiger partial charge in [-0.3, -0.25) is 0 Å². The minimum atomic E-state index is -4.28. The molecule has 0 unspecified atom stereocenters. The van der Waals surface area contributed by atoms with Crippen molar-refractivity contribution in [3.05, 3.63) is 18.2 Å². The van der Waals surface area contributed by atoms with Crippen molar-refractivity contribution < 1.29 is 17.9 Å². The van der Waals surface area contributed by atoms with Gasteiger partial charge in [0.2, 0.25) is 0 Å². The molecule has 7 heteroatoms. The molecule has 0 bridgehead atoms. The predicted molar refractivity (Wildman–Crippen MR) is 51.7 cm³/mol. The van der Waals surface area contributed by atoms with Gasteiger partial charge in [0.1, 0.15) is 6.61 Å². The highest BCUT2D eigenvalue weighted by atomic mass is 19.4. The summed E-state index contributed by atoms with van der Waals surface area (Å²) < 4.78 is 41.5. The van der Waals surface area contributed by atoms with Crippen LogP contribution in [0.2, 0.25) is 0 Å². The number of nitrogens with two attached hydrogens (primary N) is 1. The van der Waals surface area contributed by atoms with E-state index in [2.05, 4.69) is 9.72 Å². The summed E-state index contributed by atoms with van der Waals surface area (Å²) in [5.41, 5.74) is 6.42. The Balaban J connectivity index is 2.35. The van der Waals surface area contributed by atoms with Gasteiger partial charge in [-0.15, -0.1) is 0 Å². The summed E-state index contributed by atoms with van der Waals surface area (Å²) in [5, 5.41) is 0. The Labute approximate surface area is 91.2 Å². The molecule has 0 aliphatic rings. The first-order valence-corrected chi connectivity index (χ1v) is 4.80. The van der Waals surface area contributed by atoms with Crippen LogP contribution in [-0.2, 0) is 11.3 Å². The standard InChI is InChI=1S/C9H14F3N3O/c1-7(13)8-4-14-6-15(8)2-3-16-5-9(10,11)12/h4,6-7H,2-3,5,13H2,1H3/t7-/m1/s1. The van der Waals surface area contributed by atoms with Gasteiger partial charge < -0.3 is 15.0 Å². The summed E-state index contributed by atoms with van der Waals surface area (Å²) in [7, 11) is 0. The Bertz CT molecular complexity index is 322. The SMILES string of the molecule is C[C@@H](N)c1cncn1CCOCC(F)(F)F. The molecule has 2 N–H and O–H groups in total. The smallest absolute Gasteiger partial charge is 0.370 e. The molecule has 0 radical (unpaired) electrons. The lowest BCUT2D eigenvalue weighted by atomic mass is 10.3. The summed E-state index contributed by atoms with van der Waals surface area (Å²) in [4.78, 5) is 3.88. The largest absolute Gasteiger partial charge is 0.411 e. The average molecular weight is 237 g/mol. The fourth-order valence-corrected chi connectivity index (χ4v) is 1.25. The Morgan fingerprint density at radius 1 is 1.56 bits per heavy atom. The first-order valence-electron chi connectivity index (χ1n) is 4.80. The highest BCUT2D eigenvalue weighted by molar-refractivity contribution is 5.02. The van der Waals surface area contributed by atoms with Gasteiger partial charge in [0.05, 0.1) is 18.6 Å². The van der Waals surface area contributed by atoms with Crippen LogP contribution in [0, 0.1) is 0 Å². The van der Waals surface area contributed by atoms with Crippen LogP contribution in [0.4, 0.5) is 13.2 Å². The highest BCUT2D eigenvalue weighted by Crippen LogP contribution is 2.14. The van der Waals surface area contributed by atoms with Gasteiger partial charge in [0.25, 0.3) is 0 Å². The van der Waals surface area contributed by atoms with Crippen LogP contribution in [0.5, 0.6) is 0 Å². The quantitative estimate of drug-likeness (QED) is 0.789. The summed E-state index contributed by atoms with van der Waals surface area (Å²) in [6.07, 6.45) is -1.16. The maximum Gasteiger partial charge on any atom is 0.411 e. The van der Waals surface area contributed by atoms with Gasteiger partial charge in [0.15, 0.2) is 0 Å². The lowest BCUT2D eigenvalue weighted by Gasteiger charge is -2.11. The molecule has 0 fully saturated rings. The average Bonchev–Trinajstić information content (AvgIpc) is 2.58. The topological polar surface area (TPSA) is 53.1 Å². The third-order valence-electron chi connectivity index (χ3n) is 1.95. The summed E-state index contributed by atoms with van der Waals surface area (Å²) in [6.45, 7) is 0.849. The third-order valence-corrected chi connectivity index (χ3v) is 1.95. The van der Waals surface area contributed by atoms with Crippen molar-refractivity contribution in [2.24, 2.45) is 5.73 Å². The van der Waals surface area contributed by atoms with Crippen LogP contribution in [0.3, 0.4) is 0 Å². The maximum absolute atomic E-state index is 11.8. The lowest BCUT2D eigenvalue weighted by Crippen LogP contribution is -2.20. The fraction of sp³-hybridized carbons (Fsp3) is 0.667. The van der Waals surface area contributed by atoms with Crippen LogP contribution in [-0.4, -0.2) is 28.9 Å². The molecule has 0 amide bonds. The number of rotatable bonds is 5. The van der Waals surface area contributed by atoms with Crippen molar-refractivity contribution in [1.29, 1.82) is 0 Å². The van der Waals surface area contributed by atoms with Crippen molar-refractivity contribution in [2.45, 2.75) is 25.7 Å². The van der Waals surface area contributed by atoms with Gasteiger partial charge in [0, 0.05) is 18.8 Å². The van der Waals surface area contributed by atoms with Gasteiger partial charge in [-0.25, -0.2) is 4.98 Å². The Morgan fingerprint density at radius 3 is 2.81 bits per heavy atom. The summed E-state index contributed by atoms with van der Waals surface area (Å²) in [6, 6.07) is -0.204. The number of imidazole rings is 1. The number of hydrogen-bond donors (Lipinski definition) is 1. The second-order valence-electron chi connectivity index (χ2n) is 3.47. The van der Waals surface area contributed by atoms with Crippen molar-refractivity contribution in [3.63, 3.8) is 0 Å². The number of hydrogen-bond acceptors (Lipinski definition) is 3. The van der Waals surface area contributed by atoms with Crippen LogP contribution in [0.15, 0.2) is 12.5 Å². The van der Waals surface area contributed by atoms with Crippen LogP contribution in [0.25, 0.3) is 0 Å². The van der Waals surface area contributed by atoms with E-state index >= 15 is 0 Å². The van der Waals surface area contributed by atoms with Crippen molar-refractivity contribution in [3.8, 4) is 0 Å². The molecule has 1 aromatic rings. The Hall–Kier alpha value is -1.08. The molecule has 0 saturated heterocycles. The van der Waals surface area contributed by atoms with E-state index in [-0.39, 0.29) is 12.6 Å². The zero-order valence-corrected chi connectivity index (χ0v) is 8.87. The molecular weight excluding hydrogens is 223 g/mol. The molecular formula is C9H14F3N3O.